The van der Waals surface area contributed by atoms with E-state index in [4.69, 9.17) is 9.47 Å². The summed E-state index contributed by atoms with van der Waals surface area (Å²) in [5.41, 5.74) is -2.87. The van der Waals surface area contributed by atoms with Gasteiger partial charge in [0.15, 0.2) is 5.78 Å². The van der Waals surface area contributed by atoms with E-state index in [1.807, 2.05) is 41.5 Å². The van der Waals surface area contributed by atoms with Crippen molar-refractivity contribution < 1.29 is 118 Å². The fourth-order valence-electron chi connectivity index (χ4n) is 7.54. The first kappa shape index (κ1) is 29.3. The van der Waals surface area contributed by atoms with Gasteiger partial charge in [-0.1, -0.05) is 34.6 Å². The van der Waals surface area contributed by atoms with Crippen LogP contribution in [-0.4, -0.2) is 64.3 Å². The Morgan fingerprint density at radius 1 is 1.13 bits per heavy atom. The van der Waals surface area contributed by atoms with Gasteiger partial charge in [0, 0.05) is 118 Å². The summed E-state index contributed by atoms with van der Waals surface area (Å²) in [4.78, 5) is 13.9. The molecular weight excluding hydrogens is 826 g/mol. The molecule has 8 heteroatoms. The maximum atomic E-state index is 13.9. The number of rotatable bonds is 1. The van der Waals surface area contributed by atoms with Crippen LogP contribution in [0.4, 0.5) is 0 Å². The number of hydrogen-bond acceptors (Lipinski definition) is 6. The van der Waals surface area contributed by atoms with Gasteiger partial charge in [0.25, 0.3) is 0 Å². The van der Waals surface area contributed by atoms with Crippen molar-refractivity contribution in [3.05, 3.63) is 11.1 Å². The molecular formula is C23H36Ac2O6. The summed E-state index contributed by atoms with van der Waals surface area (Å²) in [7, 11) is 1.59. The third-order valence-electron chi connectivity index (χ3n) is 9.60. The van der Waals surface area contributed by atoms with Crippen molar-refractivity contribution in [3.63, 3.8) is 0 Å². The second kappa shape index (κ2) is 9.19. The Kier molecular flexibility index (Phi) is 8.70. The van der Waals surface area contributed by atoms with Gasteiger partial charge in [0.2, 0.25) is 0 Å². The summed E-state index contributed by atoms with van der Waals surface area (Å²) in [6.07, 6.45) is -1.14. The fourth-order valence-corrected chi connectivity index (χ4v) is 7.54. The molecule has 9 atom stereocenters. The SMILES string of the molecule is CO[C@H]1C[C@@]2(O)[C@@H](C)C3[C@]4(O)CO[C@@H]4C[C@H](C)[C@@]3(C)C(=O)[C@H](O)C(=C1C)C2(C)C.[Ac].[Ac]. The molecule has 0 aromatic carbocycles. The Hall–Kier alpha value is 2.09. The van der Waals surface area contributed by atoms with E-state index in [2.05, 4.69) is 0 Å². The number of aliphatic hydroxyl groups excluding tert-OH is 1. The molecule has 3 fully saturated rings. The van der Waals surface area contributed by atoms with E-state index in [9.17, 15) is 20.1 Å². The summed E-state index contributed by atoms with van der Waals surface area (Å²) in [5, 5.41) is 35.3. The van der Waals surface area contributed by atoms with Crippen LogP contribution in [0.2, 0.25) is 0 Å². The maximum Gasteiger partial charge on any atom is 0.172 e. The van der Waals surface area contributed by atoms with Crippen LogP contribution >= 0.6 is 0 Å². The number of carbonyl (C=O) groups excluding carboxylic acids is 1. The molecule has 1 aliphatic heterocycles. The van der Waals surface area contributed by atoms with Crippen molar-refractivity contribution in [2.24, 2.45) is 28.6 Å². The van der Waals surface area contributed by atoms with Gasteiger partial charge < -0.3 is 24.8 Å². The Bertz CT molecular complexity index is 784. The first-order valence-electron chi connectivity index (χ1n) is 10.8. The topological polar surface area (TPSA) is 96.2 Å². The Balaban J connectivity index is 0.00000171. The molecule has 2 radical (unpaired) electrons. The number of carbonyl (C=O) groups is 1. The normalized spacial score (nSPS) is 50.6. The number of fused-ring (bicyclic) bond motifs is 5. The number of Topliss-reactive ketones (excluding diaryl/α,β-unsaturated/α-hetero) is 1. The summed E-state index contributed by atoms with van der Waals surface area (Å²) in [5.74, 6) is -1.28. The molecule has 3 aliphatic carbocycles. The molecule has 4 rings (SSSR count). The smallest absolute Gasteiger partial charge is 0.172 e. The second-order valence-corrected chi connectivity index (χ2v) is 10.8. The summed E-state index contributed by atoms with van der Waals surface area (Å²) < 4.78 is 11.4. The summed E-state index contributed by atoms with van der Waals surface area (Å²) >= 11 is 0. The molecule has 170 valence electrons. The van der Waals surface area contributed by atoms with Crippen molar-refractivity contribution >= 4 is 5.78 Å². The molecule has 0 amide bonds. The zero-order chi connectivity index (χ0) is 21.7. The quantitative estimate of drug-likeness (QED) is 0.349. The fraction of sp³-hybridized carbons (Fsp3) is 0.870. The molecule has 4 aliphatic rings. The molecule has 0 aromatic rings. The van der Waals surface area contributed by atoms with Crippen LogP contribution in [-0.2, 0) is 14.3 Å². The van der Waals surface area contributed by atoms with Crippen LogP contribution in [0, 0.1) is 117 Å². The molecule has 3 N–H and O–H groups in total. The third-order valence-corrected chi connectivity index (χ3v) is 9.60. The largest absolute Gasteiger partial charge is 0.389 e. The van der Waals surface area contributed by atoms with Crippen LogP contribution in [0.1, 0.15) is 54.4 Å². The van der Waals surface area contributed by atoms with Crippen LogP contribution in [0.25, 0.3) is 0 Å². The monoisotopic (exact) mass is 862 g/mol. The van der Waals surface area contributed by atoms with E-state index < -0.39 is 40.0 Å². The van der Waals surface area contributed by atoms with Crippen molar-refractivity contribution in [2.75, 3.05) is 13.7 Å². The molecule has 6 nitrogen and oxygen atoms in total. The average molecular weight is 863 g/mol. The van der Waals surface area contributed by atoms with E-state index in [-0.39, 0.29) is 119 Å². The van der Waals surface area contributed by atoms with Gasteiger partial charge >= 0.3 is 0 Å². The molecule has 1 saturated heterocycles. The van der Waals surface area contributed by atoms with Crippen LogP contribution in [0.5, 0.6) is 0 Å². The molecule has 1 unspecified atom stereocenters. The molecule has 1 heterocycles. The standard InChI is InChI=1S/C23H36O6.2Ac/c1-11-8-15-22(26,10-29-15)18-13(3)23(27)9-14(28-7)12(2)16(20(23,4)5)17(24)19(25)21(11,18)6;;/h11,13-15,17-18,24,26-27H,8-10H2,1-7H3;;/t11-,13-,14-,15+,17+,18?,21+,22-,23+;;/m0../s1. The van der Waals surface area contributed by atoms with Gasteiger partial charge in [0.05, 0.1) is 24.4 Å². The van der Waals surface area contributed by atoms with E-state index >= 15 is 0 Å². The van der Waals surface area contributed by atoms with Crippen LogP contribution in [0.15, 0.2) is 11.1 Å². The minimum Gasteiger partial charge on any atom is -0.389 e. The first-order valence-corrected chi connectivity index (χ1v) is 10.8. The molecule has 2 bridgehead atoms. The molecule has 31 heavy (non-hydrogen) atoms. The van der Waals surface area contributed by atoms with Gasteiger partial charge in [-0.05, 0) is 36.3 Å². The van der Waals surface area contributed by atoms with E-state index in [0.29, 0.717) is 18.4 Å². The second-order valence-electron chi connectivity index (χ2n) is 10.8. The minimum atomic E-state index is -1.34. The van der Waals surface area contributed by atoms with Gasteiger partial charge in [-0.15, -0.1) is 0 Å². The average Bonchev–Trinajstić information content (AvgIpc) is 2.65. The predicted molar refractivity (Wildman–Crippen MR) is 107 cm³/mol. The molecule has 2 saturated carbocycles. The maximum absolute atomic E-state index is 13.9. The third kappa shape index (κ3) is 3.58. The van der Waals surface area contributed by atoms with Crippen LogP contribution < -0.4 is 0 Å². The Morgan fingerprint density at radius 3 is 2.19 bits per heavy atom. The van der Waals surface area contributed by atoms with Crippen LogP contribution in [0.3, 0.4) is 0 Å². The number of ketones is 1. The van der Waals surface area contributed by atoms with Gasteiger partial charge in [-0.2, -0.15) is 0 Å². The van der Waals surface area contributed by atoms with E-state index in [1.54, 1.807) is 7.11 Å². The zero-order valence-corrected chi connectivity index (χ0v) is 29.3. The Morgan fingerprint density at radius 2 is 1.71 bits per heavy atom. The Labute approximate surface area is 257 Å². The van der Waals surface area contributed by atoms with Crippen molar-refractivity contribution in [1.29, 1.82) is 0 Å². The molecule has 0 aromatic heterocycles. The van der Waals surface area contributed by atoms with E-state index in [1.165, 1.54) is 0 Å². The zero-order valence-electron chi connectivity index (χ0n) is 19.8. The number of ether oxygens (including phenoxy) is 2. The number of hydrogen-bond donors (Lipinski definition) is 3. The molecule has 0 spiro atoms. The van der Waals surface area contributed by atoms with E-state index in [0.717, 1.165) is 5.57 Å². The number of methoxy groups -OCH3 is 1. The van der Waals surface area contributed by atoms with Gasteiger partial charge in [-0.25, -0.2) is 0 Å². The summed E-state index contributed by atoms with van der Waals surface area (Å²) in [6.45, 7) is 11.7. The number of aliphatic hydroxyl groups is 3. The van der Waals surface area contributed by atoms with Gasteiger partial charge in [0.1, 0.15) is 11.7 Å². The predicted octanol–water partition coefficient (Wildman–Crippen LogP) is 1.85. The van der Waals surface area contributed by atoms with Gasteiger partial charge in [-0.3, -0.25) is 4.79 Å². The van der Waals surface area contributed by atoms with Crippen molar-refractivity contribution in [3.8, 4) is 0 Å². The summed E-state index contributed by atoms with van der Waals surface area (Å²) in [6, 6.07) is 0. The van der Waals surface area contributed by atoms with Crippen molar-refractivity contribution in [1.82, 2.24) is 0 Å². The van der Waals surface area contributed by atoms with Crippen molar-refractivity contribution in [2.45, 2.75) is 83.9 Å². The minimum absolute atomic E-state index is 0. The first-order chi connectivity index (χ1) is 13.3.